The molecule has 0 saturated heterocycles. The number of nitrogens with one attached hydrogen (secondary N) is 1. The summed E-state index contributed by atoms with van der Waals surface area (Å²) in [6.07, 6.45) is 5.59. The van der Waals surface area contributed by atoms with Gasteiger partial charge in [-0.15, -0.1) is 0 Å². The van der Waals surface area contributed by atoms with Gasteiger partial charge in [-0.1, -0.05) is 25.8 Å². The number of nitriles is 1. The lowest BCUT2D eigenvalue weighted by atomic mass is 9.86. The minimum atomic E-state index is -0.517. The van der Waals surface area contributed by atoms with Crippen LogP contribution in [0.1, 0.15) is 38.2 Å². The van der Waals surface area contributed by atoms with E-state index in [-0.39, 0.29) is 17.3 Å². The van der Waals surface area contributed by atoms with Crippen molar-refractivity contribution in [3.63, 3.8) is 0 Å². The van der Waals surface area contributed by atoms with E-state index in [1.807, 2.05) is 6.07 Å². The second kappa shape index (κ2) is 8.06. The first-order chi connectivity index (χ1) is 11.4. The molecule has 6 nitrogen and oxygen atoms in total. The standard InChI is InChI=1S/C17H18BrN3O3/c1-11-4-2-3-5-15(11)20-17(22)13(10-19)8-12-6-7-14(18)16(9-12)21(23)24/h6-9,11,15H,2-5H2,1H3,(H,20,22)/b13-8+/t11-,15+/m0/s1. The molecular weight excluding hydrogens is 374 g/mol. The van der Waals surface area contributed by atoms with Crippen LogP contribution in [0, 0.1) is 27.4 Å². The number of hydrogen-bond acceptors (Lipinski definition) is 4. The smallest absolute Gasteiger partial charge is 0.284 e. The number of carbonyl (C=O) groups is 1. The van der Waals surface area contributed by atoms with Crippen LogP contribution in [0.3, 0.4) is 0 Å². The molecule has 1 aromatic rings. The van der Waals surface area contributed by atoms with E-state index in [1.54, 1.807) is 6.07 Å². The molecule has 0 aliphatic heterocycles. The zero-order valence-electron chi connectivity index (χ0n) is 13.3. The second-order valence-electron chi connectivity index (χ2n) is 5.98. The fourth-order valence-corrected chi connectivity index (χ4v) is 3.24. The van der Waals surface area contributed by atoms with Crippen LogP contribution < -0.4 is 5.32 Å². The maximum atomic E-state index is 12.3. The summed E-state index contributed by atoms with van der Waals surface area (Å²) in [6.45, 7) is 2.10. The van der Waals surface area contributed by atoms with Crippen LogP contribution in [0.5, 0.6) is 0 Å². The molecule has 1 amide bonds. The van der Waals surface area contributed by atoms with Gasteiger partial charge in [0.1, 0.15) is 11.6 Å². The summed E-state index contributed by atoms with van der Waals surface area (Å²) in [5.41, 5.74) is 0.278. The Morgan fingerprint density at radius 2 is 2.17 bits per heavy atom. The third-order valence-corrected chi connectivity index (χ3v) is 4.94. The lowest BCUT2D eigenvalue weighted by Crippen LogP contribution is -2.41. The summed E-state index contributed by atoms with van der Waals surface area (Å²) in [5, 5.41) is 23.2. The van der Waals surface area contributed by atoms with Crippen LogP contribution in [0.15, 0.2) is 28.2 Å². The van der Waals surface area contributed by atoms with Crippen LogP contribution in [0.2, 0.25) is 0 Å². The van der Waals surface area contributed by atoms with E-state index in [9.17, 15) is 20.2 Å². The Balaban J connectivity index is 2.19. The number of rotatable bonds is 4. The molecule has 0 heterocycles. The Labute approximate surface area is 148 Å². The highest BCUT2D eigenvalue weighted by atomic mass is 79.9. The van der Waals surface area contributed by atoms with E-state index in [2.05, 4.69) is 28.2 Å². The van der Waals surface area contributed by atoms with Crippen molar-refractivity contribution in [3.05, 3.63) is 43.9 Å². The molecule has 2 rings (SSSR count). The molecule has 1 saturated carbocycles. The second-order valence-corrected chi connectivity index (χ2v) is 6.83. The zero-order valence-corrected chi connectivity index (χ0v) is 14.9. The number of carbonyl (C=O) groups excluding carboxylic acids is 1. The number of benzene rings is 1. The molecule has 1 fully saturated rings. The molecule has 0 bridgehead atoms. The van der Waals surface area contributed by atoms with Gasteiger partial charge >= 0.3 is 0 Å². The van der Waals surface area contributed by atoms with Gasteiger partial charge in [0.2, 0.25) is 0 Å². The van der Waals surface area contributed by atoms with E-state index in [0.29, 0.717) is 16.0 Å². The first-order valence-electron chi connectivity index (χ1n) is 7.79. The Bertz CT molecular complexity index is 724. The van der Waals surface area contributed by atoms with E-state index < -0.39 is 10.8 Å². The Hall–Kier alpha value is -2.20. The highest BCUT2D eigenvalue weighted by molar-refractivity contribution is 9.10. The number of nitrogens with zero attached hydrogens (tertiary/aromatic N) is 2. The summed E-state index contributed by atoms with van der Waals surface area (Å²) in [4.78, 5) is 22.8. The van der Waals surface area contributed by atoms with Gasteiger partial charge in [-0.3, -0.25) is 14.9 Å². The topological polar surface area (TPSA) is 96.0 Å². The number of nitro groups is 1. The summed E-state index contributed by atoms with van der Waals surface area (Å²) < 4.78 is 0.351. The molecule has 0 unspecified atom stereocenters. The van der Waals surface area contributed by atoms with Gasteiger partial charge in [0.15, 0.2) is 0 Å². The van der Waals surface area contributed by atoms with Gasteiger partial charge in [-0.05, 0) is 52.4 Å². The Kier molecular flexibility index (Phi) is 6.10. The fraction of sp³-hybridized carbons (Fsp3) is 0.412. The van der Waals surface area contributed by atoms with Crippen molar-refractivity contribution >= 4 is 33.6 Å². The van der Waals surface area contributed by atoms with Crippen LogP contribution in [-0.2, 0) is 4.79 Å². The van der Waals surface area contributed by atoms with Gasteiger partial charge < -0.3 is 5.32 Å². The van der Waals surface area contributed by atoms with E-state index in [0.717, 1.165) is 25.7 Å². The largest absolute Gasteiger partial charge is 0.348 e. The number of amides is 1. The predicted molar refractivity (Wildman–Crippen MR) is 93.9 cm³/mol. The quantitative estimate of drug-likeness (QED) is 0.363. The van der Waals surface area contributed by atoms with Crippen molar-refractivity contribution < 1.29 is 9.72 Å². The molecule has 0 radical (unpaired) electrons. The maximum Gasteiger partial charge on any atom is 0.284 e. The lowest BCUT2D eigenvalue weighted by molar-refractivity contribution is -0.385. The van der Waals surface area contributed by atoms with E-state index in [4.69, 9.17) is 0 Å². The van der Waals surface area contributed by atoms with Crippen molar-refractivity contribution in [1.29, 1.82) is 5.26 Å². The first-order valence-corrected chi connectivity index (χ1v) is 8.58. The molecule has 7 heteroatoms. The minimum absolute atomic E-state index is 0.0515. The van der Waals surface area contributed by atoms with E-state index in [1.165, 1.54) is 18.2 Å². The van der Waals surface area contributed by atoms with Crippen LogP contribution in [-0.4, -0.2) is 16.9 Å². The maximum absolute atomic E-state index is 12.3. The molecule has 1 N–H and O–H groups in total. The van der Waals surface area contributed by atoms with Gasteiger partial charge in [-0.2, -0.15) is 5.26 Å². The summed E-state index contributed by atoms with van der Waals surface area (Å²) in [5.74, 6) is -0.0433. The molecular formula is C17H18BrN3O3. The predicted octanol–water partition coefficient (Wildman–Crippen LogP) is 3.96. The molecule has 2 atom stereocenters. The summed E-state index contributed by atoms with van der Waals surface area (Å²) in [6, 6.07) is 6.43. The molecule has 0 spiro atoms. The van der Waals surface area contributed by atoms with Crippen LogP contribution >= 0.6 is 15.9 Å². The molecule has 126 valence electrons. The van der Waals surface area contributed by atoms with Crippen molar-refractivity contribution in [3.8, 4) is 6.07 Å². The van der Waals surface area contributed by atoms with Crippen molar-refractivity contribution in [2.45, 2.75) is 38.6 Å². The van der Waals surface area contributed by atoms with E-state index >= 15 is 0 Å². The molecule has 1 aliphatic carbocycles. The molecule has 1 aromatic carbocycles. The fourth-order valence-electron chi connectivity index (χ4n) is 2.85. The normalized spacial score (nSPS) is 21.0. The SMILES string of the molecule is C[C@H]1CCCC[C@H]1NC(=O)/C(C#N)=C/c1ccc(Br)c([N+](=O)[O-])c1. The van der Waals surface area contributed by atoms with Crippen molar-refractivity contribution in [2.75, 3.05) is 0 Å². The van der Waals surface area contributed by atoms with Crippen LogP contribution in [0.25, 0.3) is 6.08 Å². The number of halogens is 1. The van der Waals surface area contributed by atoms with Crippen LogP contribution in [0.4, 0.5) is 5.69 Å². The molecule has 0 aromatic heterocycles. The Morgan fingerprint density at radius 3 is 2.79 bits per heavy atom. The van der Waals surface area contributed by atoms with Gasteiger partial charge in [-0.25, -0.2) is 0 Å². The lowest BCUT2D eigenvalue weighted by Gasteiger charge is -2.29. The zero-order chi connectivity index (χ0) is 17.7. The molecule has 1 aliphatic rings. The van der Waals surface area contributed by atoms with Crippen molar-refractivity contribution in [2.24, 2.45) is 5.92 Å². The molecule has 24 heavy (non-hydrogen) atoms. The summed E-state index contributed by atoms with van der Waals surface area (Å²) in [7, 11) is 0. The van der Waals surface area contributed by atoms with Crippen molar-refractivity contribution in [1.82, 2.24) is 5.32 Å². The minimum Gasteiger partial charge on any atom is -0.348 e. The average Bonchev–Trinajstić information content (AvgIpc) is 2.55. The monoisotopic (exact) mass is 391 g/mol. The third kappa shape index (κ3) is 4.42. The third-order valence-electron chi connectivity index (χ3n) is 4.27. The average molecular weight is 392 g/mol. The van der Waals surface area contributed by atoms with Gasteiger partial charge in [0.25, 0.3) is 11.6 Å². The number of hydrogen-bond donors (Lipinski definition) is 1. The highest BCUT2D eigenvalue weighted by Gasteiger charge is 2.24. The first kappa shape index (κ1) is 18.1. The summed E-state index contributed by atoms with van der Waals surface area (Å²) >= 11 is 3.11. The van der Waals surface area contributed by atoms with Gasteiger partial charge in [0.05, 0.1) is 9.40 Å². The Morgan fingerprint density at radius 1 is 1.46 bits per heavy atom. The number of nitro benzene ring substituents is 1. The highest BCUT2D eigenvalue weighted by Crippen LogP contribution is 2.27. The van der Waals surface area contributed by atoms with Gasteiger partial charge in [0, 0.05) is 12.1 Å².